The van der Waals surface area contributed by atoms with Gasteiger partial charge in [-0.05, 0) is 62.0 Å². The van der Waals surface area contributed by atoms with E-state index >= 15 is 0 Å². The van der Waals surface area contributed by atoms with E-state index in [1.807, 2.05) is 0 Å². The van der Waals surface area contributed by atoms with Crippen molar-refractivity contribution in [3.8, 4) is 0 Å². The topological polar surface area (TPSA) is 27.6 Å². The molecule has 3 aliphatic rings. The predicted molar refractivity (Wildman–Crippen MR) is 87.9 cm³/mol. The van der Waals surface area contributed by atoms with Crippen molar-refractivity contribution < 1.29 is 0 Å². The molecule has 2 saturated carbocycles. The van der Waals surface area contributed by atoms with Gasteiger partial charge in [0.15, 0.2) is 5.96 Å². The molecular formula is C18H25N3. The maximum Gasteiger partial charge on any atom is 0.198 e. The van der Waals surface area contributed by atoms with Gasteiger partial charge >= 0.3 is 0 Å². The smallest absolute Gasteiger partial charge is 0.198 e. The molecule has 1 N–H and O–H groups in total. The summed E-state index contributed by atoms with van der Waals surface area (Å²) in [5, 5.41) is 3.50. The molecule has 0 bridgehead atoms. The van der Waals surface area contributed by atoms with Crippen molar-refractivity contribution in [1.29, 1.82) is 0 Å². The summed E-state index contributed by atoms with van der Waals surface area (Å²) in [5.41, 5.74) is 3.37. The van der Waals surface area contributed by atoms with E-state index < -0.39 is 0 Å². The van der Waals surface area contributed by atoms with Crippen molar-refractivity contribution in [2.75, 3.05) is 24.5 Å². The lowest BCUT2D eigenvalue weighted by atomic mass is 10.0. The first-order chi connectivity index (χ1) is 10.3. The summed E-state index contributed by atoms with van der Waals surface area (Å²) in [6, 6.07) is 8.74. The van der Waals surface area contributed by atoms with E-state index in [1.165, 1.54) is 36.9 Å². The van der Waals surface area contributed by atoms with Gasteiger partial charge in [0.25, 0.3) is 0 Å². The first-order valence-electron chi connectivity index (χ1n) is 8.46. The molecule has 0 radical (unpaired) electrons. The minimum atomic E-state index is 0.583. The van der Waals surface area contributed by atoms with Crippen molar-refractivity contribution in [3.63, 3.8) is 0 Å². The largest absolute Gasteiger partial charge is 0.356 e. The normalized spacial score (nSPS) is 23.1. The number of fused-ring (bicyclic) bond motifs is 1. The van der Waals surface area contributed by atoms with Crippen LogP contribution in [0.15, 0.2) is 29.3 Å². The quantitative estimate of drug-likeness (QED) is 0.679. The van der Waals surface area contributed by atoms with Crippen molar-refractivity contribution in [2.24, 2.45) is 16.3 Å². The maximum atomic E-state index is 5.02. The molecule has 1 aromatic rings. The molecule has 1 heterocycles. The molecule has 0 amide bonds. The van der Waals surface area contributed by atoms with E-state index in [9.17, 15) is 0 Å². The fraction of sp³-hybridized carbons (Fsp3) is 0.611. The van der Waals surface area contributed by atoms with Crippen LogP contribution in [-0.2, 0) is 6.42 Å². The lowest BCUT2D eigenvalue weighted by molar-refractivity contribution is 0.453. The number of guanidine groups is 1. The Balaban J connectivity index is 1.54. The number of rotatable bonds is 4. The molecule has 3 nitrogen and oxygen atoms in total. The fourth-order valence-corrected chi connectivity index (χ4v) is 3.74. The molecule has 4 rings (SSSR count). The number of hydrogen-bond donors (Lipinski definition) is 1. The second-order valence-corrected chi connectivity index (χ2v) is 6.84. The van der Waals surface area contributed by atoms with Gasteiger partial charge in [0.05, 0.1) is 0 Å². The third-order valence-electron chi connectivity index (χ3n) is 5.36. The molecule has 0 spiro atoms. The van der Waals surface area contributed by atoms with Gasteiger partial charge < -0.3 is 10.2 Å². The fourth-order valence-electron chi connectivity index (χ4n) is 3.74. The highest BCUT2D eigenvalue weighted by atomic mass is 15.3. The highest BCUT2D eigenvalue weighted by Gasteiger charge is 2.53. The molecule has 2 fully saturated rings. The van der Waals surface area contributed by atoms with Gasteiger partial charge in [0.2, 0.25) is 0 Å². The van der Waals surface area contributed by atoms with Gasteiger partial charge in [-0.15, -0.1) is 0 Å². The molecular weight excluding hydrogens is 258 g/mol. The molecule has 1 aliphatic heterocycles. The lowest BCUT2D eigenvalue weighted by Gasteiger charge is -2.23. The third kappa shape index (κ3) is 2.43. The number of hydrogen-bond acceptors (Lipinski definition) is 1. The van der Waals surface area contributed by atoms with E-state index in [1.54, 1.807) is 0 Å². The van der Waals surface area contributed by atoms with E-state index in [0.717, 1.165) is 37.9 Å². The summed E-state index contributed by atoms with van der Waals surface area (Å²) in [6.45, 7) is 5.18. The Kier molecular flexibility index (Phi) is 3.16. The second kappa shape index (κ2) is 5.04. The zero-order valence-electron chi connectivity index (χ0n) is 12.9. The zero-order chi connectivity index (χ0) is 14.3. The Bertz CT molecular complexity index is 555. The molecule has 21 heavy (non-hydrogen) atoms. The molecule has 112 valence electrons. The lowest BCUT2D eigenvalue weighted by Crippen LogP contribution is -2.41. The van der Waals surface area contributed by atoms with Crippen LogP contribution in [-0.4, -0.2) is 25.6 Å². The van der Waals surface area contributed by atoms with Crippen LogP contribution < -0.4 is 10.2 Å². The SMILES string of the molecule is CCNC(=NCC1(C2CC2)CC1)N1CCc2ccccc21. The standard InChI is InChI=1S/C18H25N3/c1-2-19-17(20-13-18(10-11-18)15-7-8-15)21-12-9-14-5-3-4-6-16(14)21/h3-6,15H,2,7-13H2,1H3,(H,19,20). The molecule has 0 saturated heterocycles. The number of benzene rings is 1. The first-order valence-corrected chi connectivity index (χ1v) is 8.46. The van der Waals surface area contributed by atoms with Crippen LogP contribution in [0, 0.1) is 11.3 Å². The maximum absolute atomic E-state index is 5.02. The molecule has 2 aliphatic carbocycles. The van der Waals surface area contributed by atoms with Crippen molar-refractivity contribution in [3.05, 3.63) is 29.8 Å². The third-order valence-corrected chi connectivity index (χ3v) is 5.36. The van der Waals surface area contributed by atoms with Gasteiger partial charge in [-0.2, -0.15) is 0 Å². The van der Waals surface area contributed by atoms with Crippen molar-refractivity contribution in [2.45, 2.75) is 39.0 Å². The summed E-state index contributed by atoms with van der Waals surface area (Å²) in [5.74, 6) is 2.07. The van der Waals surface area contributed by atoms with Crippen LogP contribution in [0.25, 0.3) is 0 Å². The highest BCUT2D eigenvalue weighted by Crippen LogP contribution is 2.61. The van der Waals surface area contributed by atoms with Crippen LogP contribution in [0.5, 0.6) is 0 Å². The Morgan fingerprint density at radius 2 is 2.14 bits per heavy atom. The molecule has 3 heteroatoms. The number of anilines is 1. The summed E-state index contributed by atoms with van der Waals surface area (Å²) in [6.07, 6.45) is 6.82. The Labute approximate surface area is 127 Å². The van der Waals surface area contributed by atoms with E-state index in [0.29, 0.717) is 5.41 Å². The van der Waals surface area contributed by atoms with Gasteiger partial charge in [0, 0.05) is 25.3 Å². The Morgan fingerprint density at radius 3 is 2.86 bits per heavy atom. The average Bonchev–Trinajstić information content (AvgIpc) is 3.40. The van der Waals surface area contributed by atoms with Gasteiger partial charge in [-0.25, -0.2) is 0 Å². The molecule has 1 aromatic carbocycles. The summed E-state index contributed by atoms with van der Waals surface area (Å²) in [7, 11) is 0. The van der Waals surface area contributed by atoms with E-state index in [4.69, 9.17) is 4.99 Å². The van der Waals surface area contributed by atoms with Gasteiger partial charge in [-0.1, -0.05) is 18.2 Å². The molecule has 0 atom stereocenters. The number of nitrogens with zero attached hydrogens (tertiary/aromatic N) is 2. The van der Waals surface area contributed by atoms with Crippen LogP contribution in [0.1, 0.15) is 38.2 Å². The van der Waals surface area contributed by atoms with Gasteiger partial charge in [0.1, 0.15) is 0 Å². The van der Waals surface area contributed by atoms with Crippen LogP contribution in [0.3, 0.4) is 0 Å². The monoisotopic (exact) mass is 283 g/mol. The summed E-state index contributed by atoms with van der Waals surface area (Å²) >= 11 is 0. The number of aliphatic imine (C=N–C) groups is 1. The first kappa shape index (κ1) is 13.2. The molecule has 0 unspecified atom stereocenters. The number of nitrogens with one attached hydrogen (secondary N) is 1. The summed E-state index contributed by atoms with van der Waals surface area (Å²) in [4.78, 5) is 7.40. The van der Waals surface area contributed by atoms with E-state index in [-0.39, 0.29) is 0 Å². The van der Waals surface area contributed by atoms with Gasteiger partial charge in [-0.3, -0.25) is 4.99 Å². The van der Waals surface area contributed by atoms with Crippen molar-refractivity contribution >= 4 is 11.6 Å². The van der Waals surface area contributed by atoms with Crippen LogP contribution >= 0.6 is 0 Å². The van der Waals surface area contributed by atoms with Crippen molar-refractivity contribution in [1.82, 2.24) is 5.32 Å². The average molecular weight is 283 g/mol. The minimum absolute atomic E-state index is 0.583. The van der Waals surface area contributed by atoms with Crippen LogP contribution in [0.4, 0.5) is 5.69 Å². The molecule has 0 aromatic heterocycles. The predicted octanol–water partition coefficient (Wildman–Crippen LogP) is 3.20. The number of para-hydroxylation sites is 1. The second-order valence-electron chi connectivity index (χ2n) is 6.84. The Morgan fingerprint density at radius 1 is 1.33 bits per heavy atom. The summed E-state index contributed by atoms with van der Waals surface area (Å²) < 4.78 is 0. The van der Waals surface area contributed by atoms with E-state index in [2.05, 4.69) is 41.4 Å². The van der Waals surface area contributed by atoms with Crippen LogP contribution in [0.2, 0.25) is 0 Å². The Hall–Kier alpha value is -1.51. The highest BCUT2D eigenvalue weighted by molar-refractivity contribution is 5.98. The minimum Gasteiger partial charge on any atom is -0.356 e. The zero-order valence-corrected chi connectivity index (χ0v) is 12.9.